The van der Waals surface area contributed by atoms with E-state index in [1.54, 1.807) is 29.0 Å². The Hall–Kier alpha value is -1.98. The van der Waals surface area contributed by atoms with Crippen LogP contribution in [0.15, 0.2) is 12.4 Å². The van der Waals surface area contributed by atoms with Crippen LogP contribution < -0.4 is 0 Å². The monoisotopic (exact) mass is 320 g/mol. The largest absolute Gasteiger partial charge is 0.387 e. The highest BCUT2D eigenvalue weighted by molar-refractivity contribution is 5.76. The van der Waals surface area contributed by atoms with E-state index in [2.05, 4.69) is 15.2 Å². The second-order valence-corrected chi connectivity index (χ2v) is 6.18. The number of hydrogen-bond donors (Lipinski definition) is 1. The average molecular weight is 320 g/mol. The summed E-state index contributed by atoms with van der Waals surface area (Å²) in [6.07, 6.45) is 5.71. The van der Waals surface area contributed by atoms with Crippen molar-refractivity contribution in [2.45, 2.75) is 37.8 Å². The van der Waals surface area contributed by atoms with Gasteiger partial charge < -0.3 is 10.0 Å². The third-order valence-electron chi connectivity index (χ3n) is 4.19. The summed E-state index contributed by atoms with van der Waals surface area (Å²) in [5.41, 5.74) is -0.832. The maximum absolute atomic E-state index is 12.0. The number of nitriles is 1. The van der Waals surface area contributed by atoms with E-state index in [-0.39, 0.29) is 5.91 Å². The van der Waals surface area contributed by atoms with Crippen molar-refractivity contribution in [2.24, 2.45) is 0 Å². The van der Waals surface area contributed by atoms with Crippen molar-refractivity contribution in [1.29, 1.82) is 5.26 Å². The SMILES string of the molecule is CN(CCC#N)C(=O)CCN1CCCC(O)(Cn2ccnn2)C1. The van der Waals surface area contributed by atoms with Gasteiger partial charge in [0.25, 0.3) is 0 Å². The van der Waals surface area contributed by atoms with Gasteiger partial charge in [-0.3, -0.25) is 9.69 Å². The first-order chi connectivity index (χ1) is 11.0. The molecule has 126 valence electrons. The molecule has 1 saturated heterocycles. The molecule has 1 aromatic heterocycles. The van der Waals surface area contributed by atoms with Gasteiger partial charge in [-0.2, -0.15) is 5.26 Å². The molecule has 2 heterocycles. The summed E-state index contributed by atoms with van der Waals surface area (Å²) in [5.74, 6) is 0.0330. The summed E-state index contributed by atoms with van der Waals surface area (Å²) in [7, 11) is 1.72. The highest BCUT2D eigenvalue weighted by Crippen LogP contribution is 2.23. The lowest BCUT2D eigenvalue weighted by Gasteiger charge is -2.39. The first-order valence-corrected chi connectivity index (χ1v) is 7.92. The van der Waals surface area contributed by atoms with Crippen molar-refractivity contribution < 1.29 is 9.90 Å². The highest BCUT2D eigenvalue weighted by Gasteiger charge is 2.34. The van der Waals surface area contributed by atoms with Crippen molar-refractivity contribution in [2.75, 3.05) is 33.2 Å². The van der Waals surface area contributed by atoms with Gasteiger partial charge in [-0.1, -0.05) is 5.21 Å². The molecular weight excluding hydrogens is 296 g/mol. The van der Waals surface area contributed by atoms with Gasteiger partial charge in [-0.15, -0.1) is 5.10 Å². The zero-order valence-corrected chi connectivity index (χ0v) is 13.6. The van der Waals surface area contributed by atoms with Crippen molar-refractivity contribution >= 4 is 5.91 Å². The van der Waals surface area contributed by atoms with Gasteiger partial charge >= 0.3 is 0 Å². The zero-order valence-electron chi connectivity index (χ0n) is 13.6. The van der Waals surface area contributed by atoms with Crippen LogP contribution in [-0.4, -0.2) is 74.6 Å². The lowest BCUT2D eigenvalue weighted by Crippen LogP contribution is -2.51. The summed E-state index contributed by atoms with van der Waals surface area (Å²) in [6, 6.07) is 2.04. The minimum absolute atomic E-state index is 0.0330. The van der Waals surface area contributed by atoms with Crippen LogP contribution in [0.3, 0.4) is 0 Å². The lowest BCUT2D eigenvalue weighted by atomic mass is 9.92. The predicted octanol–water partition coefficient (Wildman–Crippen LogP) is -0.133. The number of likely N-dealkylation sites (tertiary alicyclic amines) is 1. The fraction of sp³-hybridized carbons (Fsp3) is 0.733. The Morgan fingerprint density at radius 2 is 2.39 bits per heavy atom. The van der Waals surface area contributed by atoms with Crippen molar-refractivity contribution in [3.05, 3.63) is 12.4 Å². The molecule has 1 N–H and O–H groups in total. The Balaban J connectivity index is 1.79. The van der Waals surface area contributed by atoms with Gasteiger partial charge in [0.05, 0.1) is 30.8 Å². The summed E-state index contributed by atoms with van der Waals surface area (Å²) in [5, 5.41) is 27.0. The van der Waals surface area contributed by atoms with Crippen LogP contribution in [0.4, 0.5) is 0 Å². The first-order valence-electron chi connectivity index (χ1n) is 7.92. The first kappa shape index (κ1) is 17.4. The maximum Gasteiger partial charge on any atom is 0.223 e. The van der Waals surface area contributed by atoms with Gasteiger partial charge in [-0.05, 0) is 19.4 Å². The van der Waals surface area contributed by atoms with Crippen LogP contribution >= 0.6 is 0 Å². The van der Waals surface area contributed by atoms with Crippen LogP contribution in [-0.2, 0) is 11.3 Å². The van der Waals surface area contributed by atoms with Crippen molar-refractivity contribution in [3.63, 3.8) is 0 Å². The summed E-state index contributed by atoms with van der Waals surface area (Å²) in [4.78, 5) is 15.7. The number of rotatable bonds is 7. The standard InChI is InChI=1S/C15H24N6O2/c1-19(8-3-6-16)14(22)4-10-20-9-2-5-15(23,12-20)13-21-11-7-17-18-21/h7,11,23H,2-5,8-10,12-13H2,1H3. The van der Waals surface area contributed by atoms with E-state index in [0.717, 1.165) is 19.4 Å². The van der Waals surface area contributed by atoms with E-state index in [0.29, 0.717) is 39.0 Å². The smallest absolute Gasteiger partial charge is 0.223 e. The van der Waals surface area contributed by atoms with Gasteiger partial charge in [0.2, 0.25) is 5.91 Å². The fourth-order valence-corrected chi connectivity index (χ4v) is 2.93. The molecular formula is C15H24N6O2. The molecule has 1 fully saturated rings. The Labute approximate surface area is 136 Å². The number of aliphatic hydroxyl groups is 1. The van der Waals surface area contributed by atoms with E-state index in [9.17, 15) is 9.90 Å². The Kier molecular flexibility index (Phi) is 6.07. The van der Waals surface area contributed by atoms with Crippen LogP contribution in [0.25, 0.3) is 0 Å². The third kappa shape index (κ3) is 5.30. The summed E-state index contributed by atoms with van der Waals surface area (Å²) >= 11 is 0. The van der Waals surface area contributed by atoms with Gasteiger partial charge in [0.1, 0.15) is 0 Å². The molecule has 0 bridgehead atoms. The molecule has 2 rings (SSSR count). The molecule has 8 heteroatoms. The molecule has 0 radical (unpaired) electrons. The number of carbonyl (C=O) groups excluding carboxylic acids is 1. The molecule has 0 aromatic carbocycles. The highest BCUT2D eigenvalue weighted by atomic mass is 16.3. The number of piperidine rings is 1. The van der Waals surface area contributed by atoms with E-state index in [1.165, 1.54) is 0 Å². The normalized spacial score (nSPS) is 21.8. The molecule has 23 heavy (non-hydrogen) atoms. The minimum atomic E-state index is -0.832. The molecule has 1 unspecified atom stereocenters. The third-order valence-corrected chi connectivity index (χ3v) is 4.19. The average Bonchev–Trinajstić information content (AvgIpc) is 3.02. The van der Waals surface area contributed by atoms with Gasteiger partial charge in [0.15, 0.2) is 0 Å². The van der Waals surface area contributed by atoms with E-state index in [4.69, 9.17) is 5.26 Å². The molecule has 1 aliphatic rings. The van der Waals surface area contributed by atoms with Crippen LogP contribution in [0.5, 0.6) is 0 Å². The molecule has 1 aromatic rings. The van der Waals surface area contributed by atoms with E-state index >= 15 is 0 Å². The van der Waals surface area contributed by atoms with E-state index in [1.807, 2.05) is 6.07 Å². The molecule has 1 aliphatic heterocycles. The maximum atomic E-state index is 12.0. The Bertz CT molecular complexity index is 541. The lowest BCUT2D eigenvalue weighted by molar-refractivity contribution is -0.130. The quantitative estimate of drug-likeness (QED) is 0.751. The number of β-amino-alcohol motifs (C(OH)–C–C–N with tert-alkyl or cyclic N) is 1. The second kappa shape index (κ2) is 8.04. The van der Waals surface area contributed by atoms with Crippen molar-refractivity contribution in [3.8, 4) is 6.07 Å². The van der Waals surface area contributed by atoms with Crippen LogP contribution in [0, 0.1) is 11.3 Å². The predicted molar refractivity (Wildman–Crippen MR) is 83.1 cm³/mol. The number of nitrogens with zero attached hydrogens (tertiary/aromatic N) is 6. The van der Waals surface area contributed by atoms with Gasteiger partial charge in [-0.25, -0.2) is 4.68 Å². The molecule has 1 amide bonds. The van der Waals surface area contributed by atoms with Crippen LogP contribution in [0.1, 0.15) is 25.7 Å². The topological polar surface area (TPSA) is 98.3 Å². The van der Waals surface area contributed by atoms with Crippen molar-refractivity contribution in [1.82, 2.24) is 24.8 Å². The number of amides is 1. The molecule has 8 nitrogen and oxygen atoms in total. The Morgan fingerprint density at radius 3 is 3.09 bits per heavy atom. The summed E-state index contributed by atoms with van der Waals surface area (Å²) < 4.78 is 1.64. The number of hydrogen-bond acceptors (Lipinski definition) is 6. The molecule has 1 atom stereocenters. The molecule has 0 saturated carbocycles. The minimum Gasteiger partial charge on any atom is -0.387 e. The second-order valence-electron chi connectivity index (χ2n) is 6.18. The summed E-state index contributed by atoms with van der Waals surface area (Å²) in [6.45, 7) is 2.91. The fourth-order valence-electron chi connectivity index (χ4n) is 2.93. The van der Waals surface area contributed by atoms with Gasteiger partial charge in [0, 0.05) is 39.3 Å². The number of carbonyl (C=O) groups is 1. The zero-order chi connectivity index (χ0) is 16.7. The number of aromatic nitrogens is 3. The molecule has 0 spiro atoms. The van der Waals surface area contributed by atoms with E-state index < -0.39 is 5.60 Å². The van der Waals surface area contributed by atoms with Crippen LogP contribution in [0.2, 0.25) is 0 Å². The molecule has 0 aliphatic carbocycles. The Morgan fingerprint density at radius 1 is 1.57 bits per heavy atom.